The van der Waals surface area contributed by atoms with Crippen molar-refractivity contribution in [3.8, 4) is 0 Å². The van der Waals surface area contributed by atoms with Gasteiger partial charge in [0.05, 0.1) is 6.54 Å². The Kier molecular flexibility index (Phi) is 3.06. The zero-order valence-corrected chi connectivity index (χ0v) is 11.0. The van der Waals surface area contributed by atoms with Crippen LogP contribution in [0.25, 0.3) is 0 Å². The van der Waals surface area contributed by atoms with E-state index in [0.29, 0.717) is 0 Å². The topological polar surface area (TPSA) is 51.0 Å². The normalized spacial score (nSPS) is 16.4. The summed E-state index contributed by atoms with van der Waals surface area (Å²) < 4.78 is 39.0. The highest BCUT2D eigenvalue weighted by atomic mass is 19.4. The molecule has 0 fully saturated rings. The van der Waals surface area contributed by atoms with Gasteiger partial charge in [0.1, 0.15) is 0 Å². The van der Waals surface area contributed by atoms with Gasteiger partial charge in [0.2, 0.25) is 11.7 Å². The summed E-state index contributed by atoms with van der Waals surface area (Å²) in [4.78, 5) is 13.6. The van der Waals surface area contributed by atoms with Crippen LogP contribution in [0.5, 0.6) is 0 Å². The first-order chi connectivity index (χ1) is 8.60. The van der Waals surface area contributed by atoms with E-state index in [4.69, 9.17) is 0 Å². The van der Waals surface area contributed by atoms with Crippen molar-refractivity contribution in [3.63, 3.8) is 0 Å². The van der Waals surface area contributed by atoms with Crippen LogP contribution in [0.4, 0.5) is 13.2 Å². The maximum absolute atomic E-state index is 12.7. The molecule has 1 aliphatic rings. The second kappa shape index (κ2) is 4.21. The average Bonchev–Trinajstić information content (AvgIpc) is 2.68. The summed E-state index contributed by atoms with van der Waals surface area (Å²) >= 11 is 0. The van der Waals surface area contributed by atoms with Crippen LogP contribution in [0.3, 0.4) is 0 Å². The first-order valence-corrected chi connectivity index (χ1v) is 5.89. The molecule has 0 saturated carbocycles. The molecular formula is C11H15F3N4O. The van der Waals surface area contributed by atoms with Crippen LogP contribution in [-0.2, 0) is 24.1 Å². The Bertz CT molecular complexity index is 501. The van der Waals surface area contributed by atoms with Gasteiger partial charge in [-0.05, 0) is 0 Å². The molecule has 0 unspecified atom stereocenters. The number of alkyl halides is 3. The number of amides is 1. The fraction of sp³-hybridized carbons (Fsp3) is 0.727. The lowest BCUT2D eigenvalue weighted by atomic mass is 9.94. The van der Waals surface area contributed by atoms with Crippen LogP contribution in [0.2, 0.25) is 0 Å². The van der Waals surface area contributed by atoms with Gasteiger partial charge in [-0.25, -0.2) is 0 Å². The fourth-order valence-corrected chi connectivity index (χ4v) is 2.02. The molecule has 0 atom stereocenters. The van der Waals surface area contributed by atoms with E-state index in [1.807, 2.05) is 0 Å². The minimum absolute atomic E-state index is 0.0684. The number of carbonyl (C=O) groups is 1. The summed E-state index contributed by atoms with van der Waals surface area (Å²) in [7, 11) is 0. The van der Waals surface area contributed by atoms with E-state index in [-0.39, 0.29) is 31.4 Å². The highest BCUT2D eigenvalue weighted by Gasteiger charge is 2.40. The third-order valence-corrected chi connectivity index (χ3v) is 2.94. The van der Waals surface area contributed by atoms with Crippen molar-refractivity contribution in [1.82, 2.24) is 19.7 Å². The van der Waals surface area contributed by atoms with Crippen molar-refractivity contribution in [2.24, 2.45) is 5.41 Å². The molecule has 1 amide bonds. The number of hydrogen-bond donors (Lipinski definition) is 0. The van der Waals surface area contributed by atoms with E-state index in [1.54, 1.807) is 20.8 Å². The molecule has 106 valence electrons. The summed E-state index contributed by atoms with van der Waals surface area (Å²) in [6.07, 6.45) is -4.51. The van der Waals surface area contributed by atoms with Gasteiger partial charge in [0.25, 0.3) is 0 Å². The molecule has 1 aromatic rings. The van der Waals surface area contributed by atoms with Crippen LogP contribution in [0.1, 0.15) is 32.4 Å². The van der Waals surface area contributed by atoms with Crippen molar-refractivity contribution in [2.75, 3.05) is 6.54 Å². The Hall–Kier alpha value is -1.60. The number of rotatable bonds is 0. The fourth-order valence-electron chi connectivity index (χ4n) is 2.02. The van der Waals surface area contributed by atoms with Crippen LogP contribution in [0.15, 0.2) is 0 Å². The van der Waals surface area contributed by atoms with Gasteiger partial charge in [0, 0.05) is 18.5 Å². The van der Waals surface area contributed by atoms with E-state index in [0.717, 1.165) is 4.57 Å². The van der Waals surface area contributed by atoms with Gasteiger partial charge < -0.3 is 9.47 Å². The molecule has 0 radical (unpaired) electrons. The second-order valence-corrected chi connectivity index (χ2v) is 5.57. The van der Waals surface area contributed by atoms with Crippen molar-refractivity contribution < 1.29 is 18.0 Å². The van der Waals surface area contributed by atoms with Gasteiger partial charge in [0.15, 0.2) is 5.82 Å². The molecular weight excluding hydrogens is 261 g/mol. The Balaban J connectivity index is 2.23. The Morgan fingerprint density at radius 2 is 1.79 bits per heavy atom. The molecule has 0 saturated heterocycles. The molecule has 0 N–H and O–H groups in total. The monoisotopic (exact) mass is 276 g/mol. The van der Waals surface area contributed by atoms with Gasteiger partial charge in [-0.1, -0.05) is 20.8 Å². The number of fused-ring (bicyclic) bond motifs is 1. The van der Waals surface area contributed by atoms with Crippen LogP contribution < -0.4 is 0 Å². The highest BCUT2D eigenvalue weighted by Crippen LogP contribution is 2.30. The zero-order chi connectivity index (χ0) is 14.4. The maximum Gasteiger partial charge on any atom is 0.451 e. The Labute approximate surface area is 108 Å². The quantitative estimate of drug-likeness (QED) is 0.724. The lowest BCUT2D eigenvalue weighted by Crippen LogP contribution is -2.44. The minimum atomic E-state index is -4.51. The first-order valence-electron chi connectivity index (χ1n) is 5.89. The second-order valence-electron chi connectivity index (χ2n) is 5.57. The predicted octanol–water partition coefficient (Wildman–Crippen LogP) is 1.69. The van der Waals surface area contributed by atoms with Gasteiger partial charge >= 0.3 is 6.18 Å². The van der Waals surface area contributed by atoms with Crippen molar-refractivity contribution in [1.29, 1.82) is 0 Å². The number of carbonyl (C=O) groups excluding carboxylic acids is 1. The smallest absolute Gasteiger partial charge is 0.333 e. The number of hydrogen-bond acceptors (Lipinski definition) is 3. The Morgan fingerprint density at radius 1 is 1.16 bits per heavy atom. The summed E-state index contributed by atoms with van der Waals surface area (Å²) in [5.41, 5.74) is -0.560. The van der Waals surface area contributed by atoms with E-state index in [2.05, 4.69) is 10.2 Å². The molecule has 5 nitrogen and oxygen atoms in total. The predicted molar refractivity (Wildman–Crippen MR) is 59.9 cm³/mol. The molecule has 1 aliphatic heterocycles. The number of halogens is 3. The zero-order valence-electron chi connectivity index (χ0n) is 11.0. The molecule has 0 spiro atoms. The molecule has 2 heterocycles. The van der Waals surface area contributed by atoms with Gasteiger partial charge in [-0.15, -0.1) is 10.2 Å². The summed E-state index contributed by atoms with van der Waals surface area (Å²) in [6, 6.07) is 0. The van der Waals surface area contributed by atoms with Crippen LogP contribution >= 0.6 is 0 Å². The van der Waals surface area contributed by atoms with Crippen LogP contribution in [0, 0.1) is 5.41 Å². The van der Waals surface area contributed by atoms with Crippen molar-refractivity contribution in [2.45, 2.75) is 40.0 Å². The molecule has 8 heteroatoms. The van der Waals surface area contributed by atoms with Gasteiger partial charge in [-0.2, -0.15) is 13.2 Å². The third-order valence-electron chi connectivity index (χ3n) is 2.94. The maximum atomic E-state index is 12.7. The third kappa shape index (κ3) is 2.57. The standard InChI is InChI=1S/C11H15F3N4O/c1-10(2,3)9(19)17-4-5-18-7(6-17)15-16-8(18)11(12,13)14/h4-6H2,1-3H3. The van der Waals surface area contributed by atoms with E-state index in [9.17, 15) is 18.0 Å². The molecule has 1 aromatic heterocycles. The van der Waals surface area contributed by atoms with Crippen LogP contribution in [-0.4, -0.2) is 32.1 Å². The lowest BCUT2D eigenvalue weighted by Gasteiger charge is -2.32. The number of aromatic nitrogens is 3. The molecule has 0 bridgehead atoms. The summed E-state index contributed by atoms with van der Waals surface area (Å²) in [5, 5.41) is 6.71. The lowest BCUT2D eigenvalue weighted by molar-refractivity contribution is -0.148. The summed E-state index contributed by atoms with van der Waals surface area (Å²) in [6.45, 7) is 5.70. The molecule has 0 aliphatic carbocycles. The first kappa shape index (κ1) is 13.8. The number of nitrogens with zero attached hydrogens (tertiary/aromatic N) is 4. The highest BCUT2D eigenvalue weighted by molar-refractivity contribution is 5.81. The van der Waals surface area contributed by atoms with E-state index in [1.165, 1.54) is 4.90 Å². The molecule has 2 rings (SSSR count). The van der Waals surface area contributed by atoms with Crippen molar-refractivity contribution in [3.05, 3.63) is 11.6 Å². The van der Waals surface area contributed by atoms with E-state index < -0.39 is 17.4 Å². The molecule has 19 heavy (non-hydrogen) atoms. The molecule has 0 aromatic carbocycles. The SMILES string of the molecule is CC(C)(C)C(=O)N1CCn2c(nnc2C(F)(F)F)C1. The minimum Gasteiger partial charge on any atom is -0.333 e. The largest absolute Gasteiger partial charge is 0.451 e. The summed E-state index contributed by atoms with van der Waals surface area (Å²) in [5.74, 6) is -0.920. The average molecular weight is 276 g/mol. The Morgan fingerprint density at radius 3 is 2.32 bits per heavy atom. The van der Waals surface area contributed by atoms with Crippen molar-refractivity contribution >= 4 is 5.91 Å². The van der Waals surface area contributed by atoms with Gasteiger partial charge in [-0.3, -0.25) is 4.79 Å². The van der Waals surface area contributed by atoms with E-state index >= 15 is 0 Å².